The molecule has 1 saturated heterocycles. The molecule has 14 heavy (non-hydrogen) atoms. The van der Waals surface area contributed by atoms with Crippen LogP contribution >= 0.6 is 0 Å². The third kappa shape index (κ3) is 3.97. The molecule has 1 aliphatic rings. The van der Waals surface area contributed by atoms with E-state index in [2.05, 4.69) is 31.1 Å². The molecular formula is C12H26N2. The summed E-state index contributed by atoms with van der Waals surface area (Å²) in [7, 11) is 2.24. The van der Waals surface area contributed by atoms with E-state index in [1.54, 1.807) is 0 Å². The molecule has 0 bridgehead atoms. The number of nitrogens with one attached hydrogen (secondary N) is 1. The van der Waals surface area contributed by atoms with Gasteiger partial charge in [-0.2, -0.15) is 0 Å². The zero-order valence-electron chi connectivity index (χ0n) is 10.1. The van der Waals surface area contributed by atoms with Crippen LogP contribution in [0.1, 0.15) is 39.5 Å². The second-order valence-corrected chi connectivity index (χ2v) is 4.69. The van der Waals surface area contributed by atoms with Gasteiger partial charge >= 0.3 is 0 Å². The van der Waals surface area contributed by atoms with E-state index in [9.17, 15) is 0 Å². The summed E-state index contributed by atoms with van der Waals surface area (Å²) in [5.74, 6) is 0.884. The predicted octanol–water partition coefficient (Wildman–Crippen LogP) is 2.11. The van der Waals surface area contributed by atoms with Gasteiger partial charge in [-0.25, -0.2) is 0 Å². The van der Waals surface area contributed by atoms with E-state index in [4.69, 9.17) is 0 Å². The smallest absolute Gasteiger partial charge is 0.00619 e. The quantitative estimate of drug-likeness (QED) is 0.728. The highest BCUT2D eigenvalue weighted by Crippen LogP contribution is 2.14. The van der Waals surface area contributed by atoms with Gasteiger partial charge in [0, 0.05) is 12.6 Å². The Kier molecular flexibility index (Phi) is 5.49. The molecule has 1 aliphatic heterocycles. The summed E-state index contributed by atoms with van der Waals surface area (Å²) in [6, 6.07) is 0.738. The summed E-state index contributed by atoms with van der Waals surface area (Å²) in [5, 5.41) is 3.68. The third-order valence-electron chi connectivity index (χ3n) is 3.40. The molecule has 84 valence electrons. The van der Waals surface area contributed by atoms with E-state index in [-0.39, 0.29) is 0 Å². The van der Waals surface area contributed by atoms with Crippen molar-refractivity contribution >= 4 is 0 Å². The first kappa shape index (κ1) is 12.0. The van der Waals surface area contributed by atoms with E-state index >= 15 is 0 Å². The maximum Gasteiger partial charge on any atom is 0.00619 e. The fourth-order valence-corrected chi connectivity index (χ4v) is 2.35. The Bertz CT molecular complexity index is 143. The first-order valence-corrected chi connectivity index (χ1v) is 6.18. The van der Waals surface area contributed by atoms with Crippen LogP contribution in [-0.4, -0.2) is 37.6 Å². The molecule has 1 fully saturated rings. The number of piperidine rings is 1. The highest BCUT2D eigenvalue weighted by atomic mass is 15.1. The van der Waals surface area contributed by atoms with Crippen molar-refractivity contribution in [2.24, 2.45) is 5.92 Å². The van der Waals surface area contributed by atoms with Crippen molar-refractivity contribution < 1.29 is 0 Å². The van der Waals surface area contributed by atoms with Crippen LogP contribution in [0.15, 0.2) is 0 Å². The molecule has 0 radical (unpaired) electrons. The lowest BCUT2D eigenvalue weighted by atomic mass is 9.98. The average Bonchev–Trinajstić information content (AvgIpc) is 2.19. The van der Waals surface area contributed by atoms with Gasteiger partial charge < -0.3 is 10.2 Å². The van der Waals surface area contributed by atoms with Crippen LogP contribution in [0.25, 0.3) is 0 Å². The molecule has 1 heterocycles. The molecule has 0 spiro atoms. The minimum Gasteiger partial charge on any atom is -0.314 e. The fraction of sp³-hybridized carbons (Fsp3) is 1.00. The lowest BCUT2D eigenvalue weighted by Gasteiger charge is -2.30. The van der Waals surface area contributed by atoms with E-state index in [1.165, 1.54) is 45.3 Å². The maximum atomic E-state index is 3.68. The van der Waals surface area contributed by atoms with Crippen molar-refractivity contribution in [2.45, 2.75) is 45.6 Å². The number of rotatable bonds is 5. The van der Waals surface area contributed by atoms with Gasteiger partial charge in [-0.3, -0.25) is 0 Å². The highest BCUT2D eigenvalue weighted by molar-refractivity contribution is 4.74. The van der Waals surface area contributed by atoms with Crippen molar-refractivity contribution in [1.82, 2.24) is 10.2 Å². The van der Waals surface area contributed by atoms with Crippen molar-refractivity contribution in [2.75, 3.05) is 26.7 Å². The summed E-state index contributed by atoms with van der Waals surface area (Å²) in [5.41, 5.74) is 0. The Hall–Kier alpha value is -0.0800. The van der Waals surface area contributed by atoms with Crippen LogP contribution in [0, 0.1) is 5.92 Å². The molecule has 2 heteroatoms. The summed E-state index contributed by atoms with van der Waals surface area (Å²) < 4.78 is 0. The van der Waals surface area contributed by atoms with Crippen LogP contribution in [-0.2, 0) is 0 Å². The zero-order chi connectivity index (χ0) is 10.4. The SMILES string of the molecule is CCC(CC)NCC1CCCN(C)C1. The summed E-state index contributed by atoms with van der Waals surface area (Å²) in [6.07, 6.45) is 5.32. The first-order chi connectivity index (χ1) is 6.76. The van der Waals surface area contributed by atoms with E-state index < -0.39 is 0 Å². The maximum absolute atomic E-state index is 3.68. The molecule has 1 rings (SSSR count). The molecule has 1 N–H and O–H groups in total. The number of nitrogens with zero attached hydrogens (tertiary/aromatic N) is 1. The van der Waals surface area contributed by atoms with E-state index in [0.29, 0.717) is 0 Å². The Morgan fingerprint density at radius 2 is 2.07 bits per heavy atom. The zero-order valence-corrected chi connectivity index (χ0v) is 10.1. The number of likely N-dealkylation sites (tertiary alicyclic amines) is 1. The van der Waals surface area contributed by atoms with Gasteiger partial charge in [0.15, 0.2) is 0 Å². The van der Waals surface area contributed by atoms with Crippen LogP contribution in [0.3, 0.4) is 0 Å². The third-order valence-corrected chi connectivity index (χ3v) is 3.40. The van der Waals surface area contributed by atoms with Gasteiger partial charge in [0.05, 0.1) is 0 Å². The largest absolute Gasteiger partial charge is 0.314 e. The normalized spacial score (nSPS) is 24.4. The number of hydrogen-bond acceptors (Lipinski definition) is 2. The second kappa shape index (κ2) is 6.41. The van der Waals surface area contributed by atoms with E-state index in [1.807, 2.05) is 0 Å². The molecule has 0 aliphatic carbocycles. The predicted molar refractivity (Wildman–Crippen MR) is 62.6 cm³/mol. The van der Waals surface area contributed by atoms with Crippen molar-refractivity contribution in [3.05, 3.63) is 0 Å². The van der Waals surface area contributed by atoms with Gasteiger partial charge in [0.1, 0.15) is 0 Å². The first-order valence-electron chi connectivity index (χ1n) is 6.18. The summed E-state index contributed by atoms with van der Waals surface area (Å²) >= 11 is 0. The number of hydrogen-bond donors (Lipinski definition) is 1. The lowest BCUT2D eigenvalue weighted by molar-refractivity contribution is 0.202. The monoisotopic (exact) mass is 198 g/mol. The van der Waals surface area contributed by atoms with Crippen molar-refractivity contribution in [1.29, 1.82) is 0 Å². The fourth-order valence-electron chi connectivity index (χ4n) is 2.35. The standard InChI is InChI=1S/C12H26N2/c1-4-12(5-2)13-9-11-7-6-8-14(3)10-11/h11-13H,4-10H2,1-3H3. The Morgan fingerprint density at radius 1 is 1.36 bits per heavy atom. The van der Waals surface area contributed by atoms with Gasteiger partial charge in [0.2, 0.25) is 0 Å². The molecule has 0 aromatic heterocycles. The van der Waals surface area contributed by atoms with Gasteiger partial charge in [-0.1, -0.05) is 13.8 Å². The molecule has 0 amide bonds. The molecule has 2 nitrogen and oxygen atoms in total. The average molecular weight is 198 g/mol. The highest BCUT2D eigenvalue weighted by Gasteiger charge is 2.17. The van der Waals surface area contributed by atoms with E-state index in [0.717, 1.165) is 12.0 Å². The minimum absolute atomic E-state index is 0.738. The molecular weight excluding hydrogens is 172 g/mol. The Morgan fingerprint density at radius 3 is 2.64 bits per heavy atom. The lowest BCUT2D eigenvalue weighted by Crippen LogP contribution is -2.40. The van der Waals surface area contributed by atoms with Crippen molar-refractivity contribution in [3.8, 4) is 0 Å². The van der Waals surface area contributed by atoms with Crippen LogP contribution in [0.4, 0.5) is 0 Å². The second-order valence-electron chi connectivity index (χ2n) is 4.69. The van der Waals surface area contributed by atoms with Crippen LogP contribution in [0.2, 0.25) is 0 Å². The van der Waals surface area contributed by atoms with Gasteiger partial charge in [-0.05, 0) is 51.7 Å². The van der Waals surface area contributed by atoms with Crippen molar-refractivity contribution in [3.63, 3.8) is 0 Å². The molecule has 0 aromatic carbocycles. The molecule has 1 unspecified atom stereocenters. The van der Waals surface area contributed by atoms with Crippen LogP contribution in [0.5, 0.6) is 0 Å². The summed E-state index contributed by atoms with van der Waals surface area (Å²) in [6.45, 7) is 8.34. The molecule has 0 saturated carbocycles. The molecule has 0 aromatic rings. The molecule has 1 atom stereocenters. The topological polar surface area (TPSA) is 15.3 Å². The van der Waals surface area contributed by atoms with Crippen LogP contribution < -0.4 is 5.32 Å². The van der Waals surface area contributed by atoms with Gasteiger partial charge in [0.25, 0.3) is 0 Å². The minimum atomic E-state index is 0.738. The summed E-state index contributed by atoms with van der Waals surface area (Å²) in [4.78, 5) is 2.46. The Balaban J connectivity index is 2.16. The Labute approximate surface area is 89.1 Å². The van der Waals surface area contributed by atoms with Gasteiger partial charge in [-0.15, -0.1) is 0 Å².